The van der Waals surface area contributed by atoms with E-state index in [0.717, 1.165) is 0 Å². The van der Waals surface area contributed by atoms with Gasteiger partial charge < -0.3 is 0 Å². The van der Waals surface area contributed by atoms with E-state index in [1.165, 1.54) is 65.7 Å². The Morgan fingerprint density at radius 3 is 1.81 bits per heavy atom. The molecule has 1 heteroatoms. The van der Waals surface area contributed by atoms with Crippen LogP contribution in [0.1, 0.15) is 0 Å². The number of rotatable bonds is 3. The predicted molar refractivity (Wildman–Crippen MR) is 153 cm³/mol. The molecule has 0 unspecified atom stereocenters. The molecule has 1 aromatic heterocycles. The van der Waals surface area contributed by atoms with Gasteiger partial charge in [-0.1, -0.05) is 109 Å². The molecule has 0 fully saturated rings. The molecule has 7 aromatic rings. The zero-order valence-corrected chi connectivity index (χ0v) is 19.7. The van der Waals surface area contributed by atoms with Crippen molar-refractivity contribution in [3.05, 3.63) is 140 Å². The molecule has 0 aliphatic carbocycles. The van der Waals surface area contributed by atoms with Gasteiger partial charge in [0.25, 0.3) is 0 Å². The number of pyridine rings is 1. The highest BCUT2D eigenvalue weighted by atomic mass is 14.6. The van der Waals surface area contributed by atoms with Gasteiger partial charge in [0.15, 0.2) is 0 Å². The molecule has 0 N–H and O–H groups in total. The summed E-state index contributed by atoms with van der Waals surface area (Å²) in [5, 5.41) is 7.38. The second-order valence-electron chi connectivity index (χ2n) is 9.23. The first kappa shape index (κ1) is 20.6. The second kappa shape index (κ2) is 8.48. The van der Waals surface area contributed by atoms with Gasteiger partial charge in [-0.3, -0.25) is 4.98 Å². The summed E-state index contributed by atoms with van der Waals surface area (Å²) in [6.07, 6.45) is 3.93. The molecular formula is C35H23N. The van der Waals surface area contributed by atoms with Crippen molar-refractivity contribution in [2.45, 2.75) is 0 Å². The van der Waals surface area contributed by atoms with E-state index in [0.29, 0.717) is 0 Å². The number of fused-ring (bicyclic) bond motifs is 3. The maximum absolute atomic E-state index is 4.57. The Balaban J connectivity index is 1.63. The lowest BCUT2D eigenvalue weighted by Crippen LogP contribution is -1.92. The van der Waals surface area contributed by atoms with Gasteiger partial charge in [0.05, 0.1) is 0 Å². The minimum atomic E-state index is 1.17. The van der Waals surface area contributed by atoms with Crippen LogP contribution >= 0.6 is 0 Å². The number of benzene rings is 6. The Morgan fingerprint density at radius 1 is 0.361 bits per heavy atom. The number of hydrogen-bond acceptors (Lipinski definition) is 1. The van der Waals surface area contributed by atoms with Crippen LogP contribution in [0.15, 0.2) is 140 Å². The summed E-state index contributed by atoms with van der Waals surface area (Å²) in [5.74, 6) is 0. The van der Waals surface area contributed by atoms with Crippen molar-refractivity contribution in [2.75, 3.05) is 0 Å². The SMILES string of the molecule is c1ccc(-c2ccc3c(-c4ccc5ccccc5c4)c4cnccc4c(-c4ccccc4)c3c2)cc1. The fraction of sp³-hybridized carbons (Fsp3) is 0. The maximum Gasteiger partial charge on any atom is 0.0353 e. The molecule has 0 radical (unpaired) electrons. The Kier molecular flexibility index (Phi) is 4.85. The molecule has 0 aliphatic rings. The lowest BCUT2D eigenvalue weighted by Gasteiger charge is -2.18. The Labute approximate surface area is 210 Å². The van der Waals surface area contributed by atoms with Crippen molar-refractivity contribution in [3.63, 3.8) is 0 Å². The Bertz CT molecular complexity index is 1870. The van der Waals surface area contributed by atoms with E-state index in [-0.39, 0.29) is 0 Å². The van der Waals surface area contributed by atoms with Gasteiger partial charge in [-0.2, -0.15) is 0 Å². The van der Waals surface area contributed by atoms with Crippen LogP contribution in [0.3, 0.4) is 0 Å². The number of nitrogens with zero attached hydrogens (tertiary/aromatic N) is 1. The summed E-state index contributed by atoms with van der Waals surface area (Å²) in [4.78, 5) is 4.57. The minimum Gasteiger partial charge on any atom is -0.264 e. The molecular weight excluding hydrogens is 434 g/mol. The van der Waals surface area contributed by atoms with Gasteiger partial charge in [-0.15, -0.1) is 0 Å². The van der Waals surface area contributed by atoms with E-state index in [9.17, 15) is 0 Å². The zero-order valence-electron chi connectivity index (χ0n) is 19.7. The molecule has 1 heterocycles. The van der Waals surface area contributed by atoms with Crippen molar-refractivity contribution in [1.29, 1.82) is 0 Å². The lowest BCUT2D eigenvalue weighted by atomic mass is 9.85. The van der Waals surface area contributed by atoms with Gasteiger partial charge in [0, 0.05) is 17.8 Å². The second-order valence-corrected chi connectivity index (χ2v) is 9.23. The van der Waals surface area contributed by atoms with Gasteiger partial charge >= 0.3 is 0 Å². The van der Waals surface area contributed by atoms with Crippen LogP contribution in [-0.4, -0.2) is 4.98 Å². The Morgan fingerprint density at radius 2 is 1.00 bits per heavy atom. The molecule has 0 saturated carbocycles. The standard InChI is InChI=1S/C35H23N/c1-3-9-24(10-4-1)28-17-18-30-32(22-28)34(26-12-5-2-6-13-26)31-19-20-36-23-33(31)35(30)29-16-15-25-11-7-8-14-27(25)21-29/h1-23H. The van der Waals surface area contributed by atoms with Gasteiger partial charge in [-0.25, -0.2) is 0 Å². The number of hydrogen-bond donors (Lipinski definition) is 0. The average molecular weight is 458 g/mol. The van der Waals surface area contributed by atoms with Crippen LogP contribution in [-0.2, 0) is 0 Å². The summed E-state index contributed by atoms with van der Waals surface area (Å²) in [6.45, 7) is 0. The number of aromatic nitrogens is 1. The highest BCUT2D eigenvalue weighted by Gasteiger charge is 2.17. The third-order valence-electron chi connectivity index (χ3n) is 7.13. The summed E-state index contributed by atoms with van der Waals surface area (Å²) in [7, 11) is 0. The van der Waals surface area contributed by atoms with Crippen LogP contribution < -0.4 is 0 Å². The maximum atomic E-state index is 4.57. The van der Waals surface area contributed by atoms with Crippen LogP contribution in [0.5, 0.6) is 0 Å². The topological polar surface area (TPSA) is 12.9 Å². The third-order valence-corrected chi connectivity index (χ3v) is 7.13. The Hall–Kier alpha value is -4.75. The van der Waals surface area contributed by atoms with Gasteiger partial charge in [0.1, 0.15) is 0 Å². The van der Waals surface area contributed by atoms with E-state index in [1.54, 1.807) is 0 Å². The van der Waals surface area contributed by atoms with Crippen molar-refractivity contribution < 1.29 is 0 Å². The summed E-state index contributed by atoms with van der Waals surface area (Å²) in [6, 6.07) is 45.8. The third kappa shape index (κ3) is 3.37. The van der Waals surface area contributed by atoms with E-state index in [1.807, 2.05) is 12.4 Å². The van der Waals surface area contributed by atoms with Crippen LogP contribution in [0.4, 0.5) is 0 Å². The highest BCUT2D eigenvalue weighted by molar-refractivity contribution is 6.22. The summed E-state index contributed by atoms with van der Waals surface area (Å²) < 4.78 is 0. The molecule has 7 rings (SSSR count). The molecule has 36 heavy (non-hydrogen) atoms. The molecule has 1 nitrogen and oxygen atoms in total. The normalized spacial score (nSPS) is 11.3. The molecule has 0 bridgehead atoms. The summed E-state index contributed by atoms with van der Waals surface area (Å²) in [5.41, 5.74) is 7.36. The predicted octanol–water partition coefficient (Wildman–Crippen LogP) is 9.54. The van der Waals surface area contributed by atoms with Crippen molar-refractivity contribution in [2.24, 2.45) is 0 Å². The average Bonchev–Trinajstić information content (AvgIpc) is 2.96. The minimum absolute atomic E-state index is 1.17. The molecule has 168 valence electrons. The molecule has 0 amide bonds. The smallest absolute Gasteiger partial charge is 0.0353 e. The first-order chi connectivity index (χ1) is 17.9. The van der Waals surface area contributed by atoms with Crippen LogP contribution in [0.25, 0.3) is 65.7 Å². The largest absolute Gasteiger partial charge is 0.264 e. The molecule has 0 atom stereocenters. The van der Waals surface area contributed by atoms with Crippen LogP contribution in [0, 0.1) is 0 Å². The zero-order chi connectivity index (χ0) is 23.9. The molecule has 6 aromatic carbocycles. The fourth-order valence-electron chi connectivity index (χ4n) is 5.45. The van der Waals surface area contributed by atoms with E-state index >= 15 is 0 Å². The van der Waals surface area contributed by atoms with E-state index in [4.69, 9.17) is 0 Å². The highest BCUT2D eigenvalue weighted by Crippen LogP contribution is 2.44. The first-order valence-corrected chi connectivity index (χ1v) is 12.3. The van der Waals surface area contributed by atoms with Gasteiger partial charge in [0.2, 0.25) is 0 Å². The van der Waals surface area contributed by atoms with Crippen LogP contribution in [0.2, 0.25) is 0 Å². The molecule has 0 spiro atoms. The quantitative estimate of drug-likeness (QED) is 0.241. The van der Waals surface area contributed by atoms with E-state index in [2.05, 4.69) is 132 Å². The fourth-order valence-corrected chi connectivity index (χ4v) is 5.45. The summed E-state index contributed by atoms with van der Waals surface area (Å²) >= 11 is 0. The first-order valence-electron chi connectivity index (χ1n) is 12.3. The molecule has 0 aliphatic heterocycles. The van der Waals surface area contributed by atoms with Gasteiger partial charge in [-0.05, 0) is 78.5 Å². The monoisotopic (exact) mass is 457 g/mol. The van der Waals surface area contributed by atoms with Crippen molar-refractivity contribution >= 4 is 32.3 Å². The van der Waals surface area contributed by atoms with Crippen molar-refractivity contribution in [1.82, 2.24) is 4.98 Å². The van der Waals surface area contributed by atoms with Crippen molar-refractivity contribution in [3.8, 4) is 33.4 Å². The lowest BCUT2D eigenvalue weighted by molar-refractivity contribution is 1.37. The molecule has 0 saturated heterocycles. The van der Waals surface area contributed by atoms with E-state index < -0.39 is 0 Å².